The highest BCUT2D eigenvalue weighted by Gasteiger charge is 2.32. The van der Waals surface area contributed by atoms with Crippen LogP contribution in [0.25, 0.3) is 0 Å². The third-order valence-electron chi connectivity index (χ3n) is 3.38. The molecule has 2 saturated heterocycles. The number of nitrogens with one attached hydrogen (secondary N) is 1. The maximum absolute atomic E-state index is 10.4. The maximum Gasteiger partial charge on any atom is 0.0798 e. The molecule has 2 aliphatic rings. The number of aliphatic hydroxyl groups is 1. The number of morpholine rings is 1. The Kier molecular flexibility index (Phi) is 3.61. The van der Waals surface area contributed by atoms with Gasteiger partial charge in [-0.2, -0.15) is 0 Å². The molecule has 2 fully saturated rings. The third kappa shape index (κ3) is 3.14. The Morgan fingerprint density at radius 2 is 2.20 bits per heavy atom. The summed E-state index contributed by atoms with van der Waals surface area (Å²) >= 11 is 0. The molecule has 0 aliphatic carbocycles. The lowest BCUT2D eigenvalue weighted by Gasteiger charge is -2.40. The van der Waals surface area contributed by atoms with E-state index in [1.54, 1.807) is 0 Å². The molecule has 0 bridgehead atoms. The van der Waals surface area contributed by atoms with Crippen LogP contribution >= 0.6 is 0 Å². The van der Waals surface area contributed by atoms with Gasteiger partial charge in [-0.1, -0.05) is 0 Å². The smallest absolute Gasteiger partial charge is 0.0798 e. The molecule has 0 radical (unpaired) electrons. The van der Waals surface area contributed by atoms with E-state index in [2.05, 4.69) is 17.1 Å². The van der Waals surface area contributed by atoms with Gasteiger partial charge in [0.2, 0.25) is 0 Å². The minimum Gasteiger partial charge on any atom is -0.388 e. The lowest BCUT2D eigenvalue weighted by Crippen LogP contribution is -2.53. The van der Waals surface area contributed by atoms with Crippen LogP contribution in [0.4, 0.5) is 0 Å². The van der Waals surface area contributed by atoms with Crippen molar-refractivity contribution >= 4 is 0 Å². The zero-order valence-corrected chi connectivity index (χ0v) is 9.54. The molecular weight excluding hydrogens is 192 g/mol. The average Bonchev–Trinajstić information content (AvgIpc) is 2.18. The van der Waals surface area contributed by atoms with Crippen LogP contribution < -0.4 is 5.32 Å². The number of ether oxygens (including phenoxy) is 1. The SMILES string of the molecule is CC1CN(CC2(O)CCNCC2)CCO1. The summed E-state index contributed by atoms with van der Waals surface area (Å²) in [6, 6.07) is 0. The zero-order chi connectivity index (χ0) is 10.7. The largest absolute Gasteiger partial charge is 0.388 e. The van der Waals surface area contributed by atoms with Crippen LogP contribution in [-0.2, 0) is 4.74 Å². The van der Waals surface area contributed by atoms with Crippen LogP contribution in [0.15, 0.2) is 0 Å². The van der Waals surface area contributed by atoms with Gasteiger partial charge in [0.05, 0.1) is 18.3 Å². The van der Waals surface area contributed by atoms with Crippen LogP contribution in [0.3, 0.4) is 0 Å². The highest BCUT2D eigenvalue weighted by Crippen LogP contribution is 2.20. The molecule has 2 rings (SSSR count). The quantitative estimate of drug-likeness (QED) is 0.669. The summed E-state index contributed by atoms with van der Waals surface area (Å²) in [5, 5.41) is 13.7. The Labute approximate surface area is 91.6 Å². The van der Waals surface area contributed by atoms with Gasteiger partial charge < -0.3 is 15.2 Å². The topological polar surface area (TPSA) is 44.7 Å². The summed E-state index contributed by atoms with van der Waals surface area (Å²) in [5.41, 5.74) is -0.470. The average molecular weight is 214 g/mol. The molecule has 0 spiro atoms. The van der Waals surface area contributed by atoms with Gasteiger partial charge in [-0.05, 0) is 32.9 Å². The summed E-state index contributed by atoms with van der Waals surface area (Å²) in [6.45, 7) is 7.50. The highest BCUT2D eigenvalue weighted by atomic mass is 16.5. The van der Waals surface area contributed by atoms with E-state index in [1.165, 1.54) is 0 Å². The lowest BCUT2D eigenvalue weighted by atomic mass is 9.91. The summed E-state index contributed by atoms with van der Waals surface area (Å²) in [5.74, 6) is 0. The van der Waals surface area contributed by atoms with Crippen molar-refractivity contribution in [3.63, 3.8) is 0 Å². The molecule has 1 unspecified atom stereocenters. The molecular formula is C11H22N2O2. The van der Waals surface area contributed by atoms with Crippen LogP contribution in [0.1, 0.15) is 19.8 Å². The Hall–Kier alpha value is -0.160. The Morgan fingerprint density at radius 3 is 2.87 bits per heavy atom. The van der Waals surface area contributed by atoms with E-state index < -0.39 is 5.60 Å². The van der Waals surface area contributed by atoms with E-state index >= 15 is 0 Å². The second kappa shape index (κ2) is 4.78. The van der Waals surface area contributed by atoms with E-state index in [9.17, 15) is 5.11 Å². The Bertz CT molecular complexity index is 205. The minimum absolute atomic E-state index is 0.309. The summed E-state index contributed by atoms with van der Waals surface area (Å²) < 4.78 is 5.49. The molecule has 2 N–H and O–H groups in total. The predicted molar refractivity (Wildman–Crippen MR) is 58.9 cm³/mol. The van der Waals surface area contributed by atoms with Gasteiger partial charge in [-0.15, -0.1) is 0 Å². The van der Waals surface area contributed by atoms with E-state index in [0.29, 0.717) is 6.10 Å². The molecule has 2 heterocycles. The number of hydrogen-bond acceptors (Lipinski definition) is 4. The van der Waals surface area contributed by atoms with E-state index in [0.717, 1.165) is 52.2 Å². The molecule has 2 aliphatic heterocycles. The van der Waals surface area contributed by atoms with Crippen LogP contribution in [0.2, 0.25) is 0 Å². The van der Waals surface area contributed by atoms with Crippen molar-refractivity contribution in [2.75, 3.05) is 39.3 Å². The standard InChI is InChI=1S/C11H22N2O2/c1-10-8-13(6-7-15-10)9-11(14)2-4-12-5-3-11/h10,12,14H,2-9H2,1H3. The first-order chi connectivity index (χ1) is 7.18. The molecule has 4 nitrogen and oxygen atoms in total. The third-order valence-corrected chi connectivity index (χ3v) is 3.38. The van der Waals surface area contributed by atoms with Gasteiger partial charge in [-0.25, -0.2) is 0 Å². The van der Waals surface area contributed by atoms with Crippen LogP contribution in [-0.4, -0.2) is 61.0 Å². The molecule has 4 heteroatoms. The molecule has 88 valence electrons. The number of hydrogen-bond donors (Lipinski definition) is 2. The first kappa shape index (κ1) is 11.3. The molecule has 15 heavy (non-hydrogen) atoms. The maximum atomic E-state index is 10.4. The molecule has 0 aromatic rings. The summed E-state index contributed by atoms with van der Waals surface area (Å²) in [6.07, 6.45) is 2.06. The molecule has 0 aromatic carbocycles. The number of piperidine rings is 1. The van der Waals surface area contributed by atoms with Crippen molar-refractivity contribution in [1.82, 2.24) is 10.2 Å². The van der Waals surface area contributed by atoms with Gasteiger partial charge >= 0.3 is 0 Å². The first-order valence-electron chi connectivity index (χ1n) is 5.95. The molecule has 0 amide bonds. The summed E-state index contributed by atoms with van der Waals surface area (Å²) in [7, 11) is 0. The second-order valence-corrected chi connectivity index (χ2v) is 4.89. The number of nitrogens with zero attached hydrogens (tertiary/aromatic N) is 1. The van der Waals surface area contributed by atoms with Gasteiger partial charge in [0, 0.05) is 19.6 Å². The lowest BCUT2D eigenvalue weighted by molar-refractivity contribution is -0.0680. The van der Waals surface area contributed by atoms with Crippen LogP contribution in [0.5, 0.6) is 0 Å². The van der Waals surface area contributed by atoms with Crippen molar-refractivity contribution in [3.8, 4) is 0 Å². The number of β-amino-alcohol motifs (C(OH)–C–C–N with tert-alkyl or cyclic N) is 1. The molecule has 0 saturated carbocycles. The molecule has 1 atom stereocenters. The fourth-order valence-corrected chi connectivity index (χ4v) is 2.50. The van der Waals surface area contributed by atoms with Crippen LogP contribution in [0, 0.1) is 0 Å². The molecule has 0 aromatic heterocycles. The fraction of sp³-hybridized carbons (Fsp3) is 1.00. The fourth-order valence-electron chi connectivity index (χ4n) is 2.50. The highest BCUT2D eigenvalue weighted by molar-refractivity contribution is 4.88. The number of rotatable bonds is 2. The second-order valence-electron chi connectivity index (χ2n) is 4.89. The minimum atomic E-state index is -0.470. The van der Waals surface area contributed by atoms with Crippen molar-refractivity contribution < 1.29 is 9.84 Å². The Balaban J connectivity index is 1.83. The first-order valence-corrected chi connectivity index (χ1v) is 5.95. The predicted octanol–water partition coefficient (Wildman–Crippen LogP) is -0.178. The van der Waals surface area contributed by atoms with Crippen molar-refractivity contribution in [2.24, 2.45) is 0 Å². The normalized spacial score (nSPS) is 32.8. The van der Waals surface area contributed by atoms with E-state index in [1.807, 2.05) is 0 Å². The van der Waals surface area contributed by atoms with Gasteiger partial charge in [0.1, 0.15) is 0 Å². The zero-order valence-electron chi connectivity index (χ0n) is 9.54. The van der Waals surface area contributed by atoms with Gasteiger partial charge in [-0.3, -0.25) is 4.90 Å². The van der Waals surface area contributed by atoms with Crippen molar-refractivity contribution in [2.45, 2.75) is 31.5 Å². The Morgan fingerprint density at radius 1 is 1.47 bits per heavy atom. The van der Waals surface area contributed by atoms with Gasteiger partial charge in [0.15, 0.2) is 0 Å². The van der Waals surface area contributed by atoms with E-state index in [-0.39, 0.29) is 0 Å². The van der Waals surface area contributed by atoms with Crippen molar-refractivity contribution in [1.29, 1.82) is 0 Å². The summed E-state index contributed by atoms with van der Waals surface area (Å²) in [4.78, 5) is 2.33. The van der Waals surface area contributed by atoms with E-state index in [4.69, 9.17) is 4.74 Å². The monoisotopic (exact) mass is 214 g/mol. The van der Waals surface area contributed by atoms with Crippen molar-refractivity contribution in [3.05, 3.63) is 0 Å². The van der Waals surface area contributed by atoms with Gasteiger partial charge in [0.25, 0.3) is 0 Å².